The molecule has 0 aliphatic rings. The van der Waals surface area contributed by atoms with Gasteiger partial charge in [0, 0.05) is 23.6 Å². The van der Waals surface area contributed by atoms with Crippen LogP contribution in [0.4, 0.5) is 13.2 Å². The van der Waals surface area contributed by atoms with E-state index in [4.69, 9.17) is 0 Å². The molecule has 2 heterocycles. The van der Waals surface area contributed by atoms with Gasteiger partial charge in [-0.1, -0.05) is 42.1 Å². The highest BCUT2D eigenvalue weighted by Crippen LogP contribution is 2.31. The molecule has 0 amide bonds. The Kier molecular flexibility index (Phi) is 5.83. The van der Waals surface area contributed by atoms with E-state index in [1.54, 1.807) is 23.5 Å². The summed E-state index contributed by atoms with van der Waals surface area (Å²) in [6.45, 7) is 4.32. The highest BCUT2D eigenvalue weighted by Gasteiger charge is 2.30. The van der Waals surface area contributed by atoms with Crippen LogP contribution in [0.15, 0.2) is 59.6 Å². The first-order valence-electron chi connectivity index (χ1n) is 7.81. The molecular weight excluding hydrogens is 379 g/mol. The lowest BCUT2D eigenvalue weighted by atomic mass is 10.1. The van der Waals surface area contributed by atoms with Gasteiger partial charge in [0.2, 0.25) is 0 Å². The maximum absolute atomic E-state index is 12.8. The van der Waals surface area contributed by atoms with Crippen molar-refractivity contribution < 1.29 is 13.2 Å². The molecule has 1 aromatic carbocycles. The topological polar surface area (TPSA) is 30.7 Å². The molecule has 0 atom stereocenters. The predicted molar refractivity (Wildman–Crippen MR) is 98.3 cm³/mol. The van der Waals surface area contributed by atoms with E-state index >= 15 is 0 Å². The molecule has 0 radical (unpaired) electrons. The first kappa shape index (κ1) is 18.7. The van der Waals surface area contributed by atoms with Crippen molar-refractivity contribution in [2.45, 2.75) is 30.1 Å². The summed E-state index contributed by atoms with van der Waals surface area (Å²) in [7, 11) is 0. The second-order valence-electron chi connectivity index (χ2n) is 5.54. The molecule has 3 aromatic rings. The highest BCUT2D eigenvalue weighted by molar-refractivity contribution is 7.98. The first-order chi connectivity index (χ1) is 12.5. The van der Waals surface area contributed by atoms with Gasteiger partial charge in [-0.2, -0.15) is 13.2 Å². The average Bonchev–Trinajstić information content (AvgIpc) is 3.24. The van der Waals surface area contributed by atoms with Gasteiger partial charge in [0.25, 0.3) is 0 Å². The van der Waals surface area contributed by atoms with Crippen LogP contribution in [0, 0.1) is 0 Å². The van der Waals surface area contributed by atoms with E-state index in [2.05, 4.69) is 16.8 Å². The average molecular weight is 395 g/mol. The second kappa shape index (κ2) is 8.09. The molecule has 0 saturated heterocycles. The van der Waals surface area contributed by atoms with Crippen molar-refractivity contribution in [3.8, 4) is 0 Å². The Morgan fingerprint density at radius 2 is 2.04 bits per heavy atom. The smallest absolute Gasteiger partial charge is 0.302 e. The third kappa shape index (κ3) is 4.56. The largest absolute Gasteiger partial charge is 0.416 e. The van der Waals surface area contributed by atoms with Crippen molar-refractivity contribution in [2.24, 2.45) is 0 Å². The fourth-order valence-corrected chi connectivity index (χ4v) is 4.03. The second-order valence-corrected chi connectivity index (χ2v) is 7.52. The van der Waals surface area contributed by atoms with Gasteiger partial charge in [0.1, 0.15) is 5.82 Å². The lowest BCUT2D eigenvalue weighted by molar-refractivity contribution is -0.137. The standard InChI is InChI=1S/C18H16F3N3S2/c1-2-8-24-16(11-15-7-4-9-25-15)22-23-17(24)26-12-13-5-3-6-14(10-13)18(19,20)21/h2-7,9-10H,1,8,11-12H2. The number of hydrogen-bond acceptors (Lipinski definition) is 4. The summed E-state index contributed by atoms with van der Waals surface area (Å²) in [5.41, 5.74) is -0.0423. The summed E-state index contributed by atoms with van der Waals surface area (Å²) >= 11 is 3.02. The molecule has 0 spiro atoms. The zero-order valence-electron chi connectivity index (χ0n) is 13.7. The molecule has 0 aliphatic carbocycles. The van der Waals surface area contributed by atoms with E-state index in [9.17, 15) is 13.2 Å². The molecule has 0 N–H and O–H groups in total. The van der Waals surface area contributed by atoms with Crippen LogP contribution in [0.3, 0.4) is 0 Å². The number of thioether (sulfide) groups is 1. The van der Waals surface area contributed by atoms with Crippen LogP contribution < -0.4 is 0 Å². The van der Waals surface area contributed by atoms with Crippen molar-refractivity contribution in [3.63, 3.8) is 0 Å². The molecule has 3 rings (SSSR count). The summed E-state index contributed by atoms with van der Waals surface area (Å²) in [6.07, 6.45) is -1.91. The summed E-state index contributed by atoms with van der Waals surface area (Å²) in [5, 5.41) is 11.1. The van der Waals surface area contributed by atoms with E-state index < -0.39 is 11.7 Å². The maximum Gasteiger partial charge on any atom is 0.416 e. The third-order valence-electron chi connectivity index (χ3n) is 3.64. The van der Waals surface area contributed by atoms with Gasteiger partial charge in [0.15, 0.2) is 5.16 Å². The fraction of sp³-hybridized carbons (Fsp3) is 0.222. The lowest BCUT2D eigenvalue weighted by Crippen LogP contribution is -2.05. The van der Waals surface area contributed by atoms with E-state index in [0.29, 0.717) is 29.4 Å². The zero-order chi connectivity index (χ0) is 18.6. The number of halogens is 3. The Bertz CT molecular complexity index is 870. The molecule has 0 unspecified atom stereocenters. The fourth-order valence-electron chi connectivity index (χ4n) is 2.42. The van der Waals surface area contributed by atoms with Crippen LogP contribution in [0.5, 0.6) is 0 Å². The maximum atomic E-state index is 12.8. The Labute approximate surface area is 157 Å². The Hall–Kier alpha value is -2.06. The van der Waals surface area contributed by atoms with Gasteiger partial charge in [-0.25, -0.2) is 0 Å². The SMILES string of the molecule is C=CCn1c(Cc2cccs2)nnc1SCc1cccc(C(F)(F)F)c1. The van der Waals surface area contributed by atoms with Crippen LogP contribution in [-0.2, 0) is 24.9 Å². The number of alkyl halides is 3. The molecule has 2 aromatic heterocycles. The minimum Gasteiger partial charge on any atom is -0.302 e. The van der Waals surface area contributed by atoms with Crippen LogP contribution in [0.2, 0.25) is 0 Å². The summed E-state index contributed by atoms with van der Waals surface area (Å²) in [4.78, 5) is 1.18. The van der Waals surface area contributed by atoms with Crippen molar-refractivity contribution in [2.75, 3.05) is 0 Å². The molecule has 0 saturated carbocycles. The number of rotatable bonds is 7. The minimum absolute atomic E-state index is 0.387. The quantitative estimate of drug-likeness (QED) is 0.395. The molecular formula is C18H16F3N3S2. The minimum atomic E-state index is -4.34. The molecule has 0 aliphatic heterocycles. The van der Waals surface area contributed by atoms with Gasteiger partial charge in [-0.05, 0) is 23.1 Å². The molecule has 136 valence electrons. The molecule has 0 fully saturated rings. The summed E-state index contributed by atoms with van der Waals surface area (Å²) in [6, 6.07) is 9.38. The number of nitrogens with zero attached hydrogens (tertiary/aromatic N) is 3. The number of hydrogen-bond donors (Lipinski definition) is 0. The lowest BCUT2D eigenvalue weighted by Gasteiger charge is -2.09. The van der Waals surface area contributed by atoms with Gasteiger partial charge < -0.3 is 4.57 Å². The number of thiophene rings is 1. The number of allylic oxidation sites excluding steroid dienone is 1. The Morgan fingerprint density at radius 3 is 2.73 bits per heavy atom. The van der Waals surface area contributed by atoms with Crippen molar-refractivity contribution in [1.82, 2.24) is 14.8 Å². The van der Waals surface area contributed by atoms with Gasteiger partial charge in [-0.3, -0.25) is 0 Å². The Morgan fingerprint density at radius 1 is 1.19 bits per heavy atom. The third-order valence-corrected chi connectivity index (χ3v) is 5.55. The molecule has 8 heteroatoms. The molecule has 26 heavy (non-hydrogen) atoms. The normalized spacial score (nSPS) is 11.7. The van der Waals surface area contributed by atoms with E-state index in [0.717, 1.165) is 11.9 Å². The van der Waals surface area contributed by atoms with E-state index in [-0.39, 0.29) is 0 Å². The monoisotopic (exact) mass is 395 g/mol. The van der Waals surface area contributed by atoms with Gasteiger partial charge >= 0.3 is 6.18 Å². The summed E-state index contributed by atoms with van der Waals surface area (Å²) < 4.78 is 40.5. The zero-order valence-corrected chi connectivity index (χ0v) is 15.4. The summed E-state index contributed by atoms with van der Waals surface area (Å²) in [5.74, 6) is 1.21. The van der Waals surface area contributed by atoms with E-state index in [1.807, 2.05) is 22.1 Å². The van der Waals surface area contributed by atoms with E-state index in [1.165, 1.54) is 28.8 Å². The van der Waals surface area contributed by atoms with Crippen molar-refractivity contribution >= 4 is 23.1 Å². The predicted octanol–water partition coefficient (Wildman–Crippen LogP) is 5.43. The van der Waals surface area contributed by atoms with Gasteiger partial charge in [0.05, 0.1) is 5.56 Å². The van der Waals surface area contributed by atoms with Crippen LogP contribution in [-0.4, -0.2) is 14.8 Å². The molecule has 0 bridgehead atoms. The number of benzene rings is 1. The van der Waals surface area contributed by atoms with Crippen LogP contribution in [0.25, 0.3) is 0 Å². The highest BCUT2D eigenvalue weighted by atomic mass is 32.2. The molecule has 3 nitrogen and oxygen atoms in total. The first-order valence-corrected chi connectivity index (χ1v) is 9.68. The Balaban J connectivity index is 1.75. The van der Waals surface area contributed by atoms with Crippen LogP contribution in [0.1, 0.15) is 21.8 Å². The number of aromatic nitrogens is 3. The van der Waals surface area contributed by atoms with Crippen molar-refractivity contribution in [1.29, 1.82) is 0 Å². The van der Waals surface area contributed by atoms with Crippen LogP contribution >= 0.6 is 23.1 Å². The van der Waals surface area contributed by atoms with Gasteiger partial charge in [-0.15, -0.1) is 28.1 Å². The van der Waals surface area contributed by atoms with Crippen molar-refractivity contribution in [3.05, 3.63) is 76.3 Å².